The van der Waals surface area contributed by atoms with Gasteiger partial charge in [0.2, 0.25) is 5.91 Å². The molecule has 0 aromatic carbocycles. The standard InChI is InChI=1S/C11H14ClN3O2/c12-4-6-15-5-3-7-1-2-8(10(13)16)9(7)14-11(15)17/h3,5,8H,1-2,4,6H2,(H2,13,16)(H,14,17). The van der Waals surface area contributed by atoms with E-state index in [1.165, 1.54) is 4.90 Å². The van der Waals surface area contributed by atoms with Crippen LogP contribution in [-0.4, -0.2) is 29.3 Å². The molecule has 0 fully saturated rings. The largest absolute Gasteiger partial charge is 0.369 e. The highest BCUT2D eigenvalue weighted by atomic mass is 35.5. The highest BCUT2D eigenvalue weighted by Crippen LogP contribution is 2.32. The lowest BCUT2D eigenvalue weighted by Gasteiger charge is -2.18. The molecule has 5 nitrogen and oxygen atoms in total. The molecule has 0 bridgehead atoms. The quantitative estimate of drug-likeness (QED) is 0.736. The molecule has 17 heavy (non-hydrogen) atoms. The van der Waals surface area contributed by atoms with Crippen LogP contribution in [0.2, 0.25) is 0 Å². The van der Waals surface area contributed by atoms with Crippen LogP contribution in [0.25, 0.3) is 0 Å². The van der Waals surface area contributed by atoms with Crippen molar-refractivity contribution < 1.29 is 9.59 Å². The minimum Gasteiger partial charge on any atom is -0.369 e. The monoisotopic (exact) mass is 255 g/mol. The van der Waals surface area contributed by atoms with E-state index in [-0.39, 0.29) is 11.9 Å². The van der Waals surface area contributed by atoms with Gasteiger partial charge in [0, 0.05) is 24.3 Å². The molecular formula is C11H14ClN3O2. The Balaban J connectivity index is 2.21. The Morgan fingerprint density at radius 3 is 3.06 bits per heavy atom. The number of alkyl halides is 1. The van der Waals surface area contributed by atoms with Gasteiger partial charge in [0.25, 0.3) is 0 Å². The lowest BCUT2D eigenvalue weighted by molar-refractivity contribution is -0.120. The Morgan fingerprint density at radius 2 is 2.41 bits per heavy atom. The molecule has 0 saturated carbocycles. The number of halogens is 1. The van der Waals surface area contributed by atoms with Gasteiger partial charge in [-0.2, -0.15) is 0 Å². The van der Waals surface area contributed by atoms with Crippen LogP contribution in [0.5, 0.6) is 0 Å². The number of allylic oxidation sites excluding steroid dienone is 2. The molecule has 1 atom stereocenters. The molecule has 6 heteroatoms. The number of hydrogen-bond donors (Lipinski definition) is 2. The summed E-state index contributed by atoms with van der Waals surface area (Å²) >= 11 is 5.61. The average Bonchev–Trinajstić information content (AvgIpc) is 2.61. The zero-order valence-corrected chi connectivity index (χ0v) is 10.0. The van der Waals surface area contributed by atoms with Gasteiger partial charge in [-0.05, 0) is 24.5 Å². The van der Waals surface area contributed by atoms with E-state index in [1.54, 1.807) is 6.20 Å². The molecule has 0 aromatic heterocycles. The van der Waals surface area contributed by atoms with Crippen molar-refractivity contribution in [1.29, 1.82) is 0 Å². The van der Waals surface area contributed by atoms with Crippen molar-refractivity contribution in [2.75, 3.05) is 12.4 Å². The van der Waals surface area contributed by atoms with E-state index in [2.05, 4.69) is 5.32 Å². The third kappa shape index (κ3) is 2.29. The second kappa shape index (κ2) is 4.79. The Morgan fingerprint density at radius 1 is 1.65 bits per heavy atom. The molecule has 2 rings (SSSR count). The number of nitrogens with one attached hydrogen (secondary N) is 1. The SMILES string of the molecule is NC(=O)C1CCC2=C1NC(=O)N(CCCl)C=C2. The maximum atomic E-state index is 11.8. The van der Waals surface area contributed by atoms with E-state index < -0.39 is 5.91 Å². The van der Waals surface area contributed by atoms with Crippen molar-refractivity contribution in [1.82, 2.24) is 10.2 Å². The maximum Gasteiger partial charge on any atom is 0.325 e. The first-order valence-electron chi connectivity index (χ1n) is 5.47. The van der Waals surface area contributed by atoms with Gasteiger partial charge in [0.15, 0.2) is 0 Å². The van der Waals surface area contributed by atoms with Gasteiger partial charge in [0.05, 0.1) is 5.92 Å². The Labute approximate surface area is 104 Å². The van der Waals surface area contributed by atoms with Gasteiger partial charge >= 0.3 is 6.03 Å². The van der Waals surface area contributed by atoms with Crippen molar-refractivity contribution in [2.45, 2.75) is 12.8 Å². The predicted molar refractivity (Wildman–Crippen MR) is 64.0 cm³/mol. The Bertz CT molecular complexity index is 417. The molecule has 3 amide bonds. The molecule has 92 valence electrons. The van der Waals surface area contributed by atoms with E-state index in [1.807, 2.05) is 6.08 Å². The first-order chi connectivity index (χ1) is 8.13. The van der Waals surface area contributed by atoms with E-state index in [4.69, 9.17) is 17.3 Å². The summed E-state index contributed by atoms with van der Waals surface area (Å²) in [5.74, 6) is -0.411. The molecular weight excluding hydrogens is 242 g/mol. The fraction of sp³-hybridized carbons (Fsp3) is 0.455. The van der Waals surface area contributed by atoms with Crippen molar-refractivity contribution in [3.63, 3.8) is 0 Å². The minimum absolute atomic E-state index is 0.264. The van der Waals surface area contributed by atoms with Crippen LogP contribution in [0.15, 0.2) is 23.5 Å². The van der Waals surface area contributed by atoms with Gasteiger partial charge in [-0.1, -0.05) is 0 Å². The first kappa shape index (κ1) is 12.0. The number of amides is 3. The van der Waals surface area contributed by atoms with Gasteiger partial charge in [-0.25, -0.2) is 4.79 Å². The molecule has 0 radical (unpaired) electrons. The predicted octanol–water partition coefficient (Wildman–Crippen LogP) is 0.913. The number of urea groups is 1. The van der Waals surface area contributed by atoms with Crippen LogP contribution in [0.4, 0.5) is 4.79 Å². The van der Waals surface area contributed by atoms with E-state index in [9.17, 15) is 9.59 Å². The first-order valence-corrected chi connectivity index (χ1v) is 6.01. The van der Waals surface area contributed by atoms with Crippen LogP contribution in [0.1, 0.15) is 12.8 Å². The topological polar surface area (TPSA) is 75.4 Å². The van der Waals surface area contributed by atoms with E-state index in [0.717, 1.165) is 12.0 Å². The molecule has 2 aliphatic rings. The Kier molecular flexibility index (Phi) is 3.38. The Hall–Kier alpha value is -1.49. The van der Waals surface area contributed by atoms with E-state index in [0.29, 0.717) is 24.5 Å². The summed E-state index contributed by atoms with van der Waals surface area (Å²) in [6.45, 7) is 0.436. The lowest BCUT2D eigenvalue weighted by Crippen LogP contribution is -2.39. The molecule has 3 N–H and O–H groups in total. The van der Waals surface area contributed by atoms with Gasteiger partial charge in [-0.15, -0.1) is 11.6 Å². The van der Waals surface area contributed by atoms with E-state index >= 15 is 0 Å². The number of carbonyl (C=O) groups is 2. The van der Waals surface area contributed by atoms with Crippen LogP contribution < -0.4 is 11.1 Å². The second-order valence-corrected chi connectivity index (χ2v) is 4.44. The third-order valence-corrected chi connectivity index (χ3v) is 3.19. The van der Waals surface area contributed by atoms with Gasteiger partial charge in [-0.3, -0.25) is 9.69 Å². The molecule has 1 aliphatic carbocycles. The lowest BCUT2D eigenvalue weighted by atomic mass is 10.1. The summed E-state index contributed by atoms with van der Waals surface area (Å²) in [5.41, 5.74) is 6.93. The maximum absolute atomic E-state index is 11.8. The summed E-state index contributed by atoms with van der Waals surface area (Å²) in [7, 11) is 0. The average molecular weight is 256 g/mol. The molecule has 0 aromatic rings. The van der Waals surface area contributed by atoms with Crippen molar-refractivity contribution in [3.8, 4) is 0 Å². The number of carbonyl (C=O) groups excluding carboxylic acids is 2. The zero-order valence-electron chi connectivity index (χ0n) is 9.28. The zero-order chi connectivity index (χ0) is 12.4. The highest BCUT2D eigenvalue weighted by Gasteiger charge is 2.32. The molecule has 0 saturated heterocycles. The number of nitrogens with two attached hydrogens (primary N) is 1. The summed E-state index contributed by atoms with van der Waals surface area (Å²) in [4.78, 5) is 24.6. The van der Waals surface area contributed by atoms with Crippen LogP contribution in [-0.2, 0) is 4.79 Å². The summed E-state index contributed by atoms with van der Waals surface area (Å²) in [5, 5.41) is 2.75. The smallest absolute Gasteiger partial charge is 0.325 e. The van der Waals surface area contributed by atoms with Crippen molar-refractivity contribution in [2.24, 2.45) is 11.7 Å². The van der Waals surface area contributed by atoms with Crippen molar-refractivity contribution >= 4 is 23.5 Å². The summed E-state index contributed by atoms with van der Waals surface area (Å²) in [6, 6.07) is -0.264. The number of nitrogens with zero attached hydrogens (tertiary/aromatic N) is 1. The summed E-state index contributed by atoms with van der Waals surface area (Å²) in [6.07, 6.45) is 4.97. The molecule has 1 heterocycles. The molecule has 0 spiro atoms. The normalized spacial score (nSPS) is 23.5. The summed E-state index contributed by atoms with van der Waals surface area (Å²) < 4.78 is 0. The minimum atomic E-state index is -0.394. The number of rotatable bonds is 3. The van der Waals surface area contributed by atoms with Crippen molar-refractivity contribution in [3.05, 3.63) is 23.5 Å². The van der Waals surface area contributed by atoms with Gasteiger partial charge < -0.3 is 11.1 Å². The number of primary amides is 1. The van der Waals surface area contributed by atoms with Crippen LogP contribution in [0, 0.1) is 5.92 Å². The fourth-order valence-electron chi connectivity index (χ4n) is 2.13. The van der Waals surface area contributed by atoms with Gasteiger partial charge in [0.1, 0.15) is 0 Å². The third-order valence-electron chi connectivity index (χ3n) is 3.02. The number of hydrogen-bond acceptors (Lipinski definition) is 2. The highest BCUT2D eigenvalue weighted by molar-refractivity contribution is 6.18. The molecule has 1 aliphatic heterocycles. The van der Waals surface area contributed by atoms with Crippen LogP contribution in [0.3, 0.4) is 0 Å². The molecule has 1 unspecified atom stereocenters. The second-order valence-electron chi connectivity index (χ2n) is 4.06. The fourth-order valence-corrected chi connectivity index (χ4v) is 2.31. The van der Waals surface area contributed by atoms with Crippen LogP contribution >= 0.6 is 11.6 Å².